The van der Waals surface area contributed by atoms with E-state index in [0.717, 1.165) is 12.8 Å². The molecule has 7 nitrogen and oxygen atoms in total. The van der Waals surface area contributed by atoms with Crippen molar-refractivity contribution in [2.24, 2.45) is 5.92 Å². The van der Waals surface area contributed by atoms with Crippen molar-refractivity contribution in [1.82, 2.24) is 9.80 Å². The zero-order valence-corrected chi connectivity index (χ0v) is 12.4. The van der Waals surface area contributed by atoms with E-state index in [4.69, 9.17) is 9.84 Å². The van der Waals surface area contributed by atoms with Crippen LogP contribution in [0.5, 0.6) is 0 Å². The van der Waals surface area contributed by atoms with Gasteiger partial charge >= 0.3 is 12.0 Å². The summed E-state index contributed by atoms with van der Waals surface area (Å²) < 4.78 is 5.26. The Balaban J connectivity index is 1.68. The number of carboxylic acid groups (broad SMARTS) is 1. The molecule has 7 heteroatoms. The molecule has 1 heterocycles. The maximum atomic E-state index is 12.3. The highest BCUT2D eigenvalue weighted by Gasteiger charge is 2.31. The lowest BCUT2D eigenvalue weighted by molar-refractivity contribution is -0.145. The maximum absolute atomic E-state index is 12.3. The molecule has 0 atom stereocenters. The van der Waals surface area contributed by atoms with Crippen LogP contribution in [-0.4, -0.2) is 77.5 Å². The van der Waals surface area contributed by atoms with Crippen molar-refractivity contribution in [3.05, 3.63) is 0 Å². The number of rotatable bonds is 5. The van der Waals surface area contributed by atoms with Crippen molar-refractivity contribution in [2.45, 2.75) is 37.9 Å². The zero-order chi connectivity index (χ0) is 15.4. The molecule has 0 aromatic heterocycles. The summed E-state index contributed by atoms with van der Waals surface area (Å²) in [6, 6.07) is 0.00748. The molecule has 0 aromatic carbocycles. The highest BCUT2D eigenvalue weighted by molar-refractivity contribution is 5.74. The number of hydrogen-bond donors (Lipinski definition) is 2. The van der Waals surface area contributed by atoms with Crippen LogP contribution in [0.3, 0.4) is 0 Å². The van der Waals surface area contributed by atoms with Crippen LogP contribution in [0.2, 0.25) is 0 Å². The molecule has 0 unspecified atom stereocenters. The quantitative estimate of drug-likeness (QED) is 0.766. The number of amides is 2. The Kier molecular flexibility index (Phi) is 5.41. The molecular formula is C14H24N2O5. The largest absolute Gasteiger partial charge is 0.480 e. The number of ether oxygens (including phenoxy) is 1. The first kappa shape index (κ1) is 16.0. The molecule has 2 fully saturated rings. The topological polar surface area (TPSA) is 90.3 Å². The van der Waals surface area contributed by atoms with Crippen molar-refractivity contribution in [3.63, 3.8) is 0 Å². The van der Waals surface area contributed by atoms with E-state index in [9.17, 15) is 14.7 Å². The Morgan fingerprint density at radius 2 is 1.90 bits per heavy atom. The molecule has 1 aliphatic carbocycles. The molecule has 1 aliphatic heterocycles. The van der Waals surface area contributed by atoms with Crippen LogP contribution in [0.4, 0.5) is 4.79 Å². The van der Waals surface area contributed by atoms with Gasteiger partial charge in [-0.25, -0.2) is 9.59 Å². The van der Waals surface area contributed by atoms with Crippen LogP contribution in [0.25, 0.3) is 0 Å². The number of carbonyl (C=O) groups is 2. The fourth-order valence-corrected chi connectivity index (χ4v) is 2.96. The first-order chi connectivity index (χ1) is 9.95. The third-order valence-corrected chi connectivity index (χ3v) is 4.22. The van der Waals surface area contributed by atoms with Gasteiger partial charge < -0.3 is 24.7 Å². The number of carboxylic acids is 1. The van der Waals surface area contributed by atoms with Gasteiger partial charge in [0.1, 0.15) is 6.61 Å². The van der Waals surface area contributed by atoms with Crippen molar-refractivity contribution in [3.8, 4) is 0 Å². The van der Waals surface area contributed by atoms with Crippen molar-refractivity contribution >= 4 is 12.0 Å². The molecule has 2 aliphatic rings. The van der Waals surface area contributed by atoms with Gasteiger partial charge in [-0.2, -0.15) is 0 Å². The van der Waals surface area contributed by atoms with Gasteiger partial charge in [-0.15, -0.1) is 0 Å². The average molecular weight is 300 g/mol. The van der Waals surface area contributed by atoms with E-state index in [1.165, 1.54) is 0 Å². The van der Waals surface area contributed by atoms with Gasteiger partial charge in [-0.3, -0.25) is 0 Å². The SMILES string of the molecule is CN(CC1CC(O)C1)C(=O)N1CCC(OCC(=O)O)CC1. The van der Waals surface area contributed by atoms with Crippen molar-refractivity contribution < 1.29 is 24.5 Å². The third-order valence-electron chi connectivity index (χ3n) is 4.22. The van der Waals surface area contributed by atoms with Gasteiger partial charge in [-0.1, -0.05) is 0 Å². The Morgan fingerprint density at radius 3 is 2.43 bits per heavy atom. The van der Waals surface area contributed by atoms with Gasteiger partial charge in [0, 0.05) is 26.7 Å². The zero-order valence-electron chi connectivity index (χ0n) is 12.4. The van der Waals surface area contributed by atoms with Crippen LogP contribution in [-0.2, 0) is 9.53 Å². The minimum Gasteiger partial charge on any atom is -0.480 e. The lowest BCUT2D eigenvalue weighted by atomic mass is 9.82. The number of nitrogens with zero attached hydrogens (tertiary/aromatic N) is 2. The van der Waals surface area contributed by atoms with E-state index in [1.807, 2.05) is 0 Å². The molecule has 2 rings (SSSR count). The van der Waals surface area contributed by atoms with Gasteiger partial charge in [0.2, 0.25) is 0 Å². The molecule has 2 amide bonds. The predicted octanol–water partition coefficient (Wildman–Crippen LogP) is 0.375. The maximum Gasteiger partial charge on any atom is 0.329 e. The second-order valence-electron chi connectivity index (χ2n) is 6.05. The fraction of sp³-hybridized carbons (Fsp3) is 0.857. The van der Waals surface area contributed by atoms with E-state index in [0.29, 0.717) is 38.4 Å². The molecule has 0 radical (unpaired) electrons. The third kappa shape index (κ3) is 4.57. The summed E-state index contributed by atoms with van der Waals surface area (Å²) in [5.74, 6) is -0.554. The molecule has 0 spiro atoms. The number of aliphatic carboxylic acids is 1. The van der Waals surface area contributed by atoms with Crippen LogP contribution in [0.1, 0.15) is 25.7 Å². The van der Waals surface area contributed by atoms with Crippen molar-refractivity contribution in [1.29, 1.82) is 0 Å². The molecule has 2 N–H and O–H groups in total. The van der Waals surface area contributed by atoms with Gasteiger partial charge in [0.25, 0.3) is 0 Å². The van der Waals surface area contributed by atoms with Gasteiger partial charge in [0.15, 0.2) is 0 Å². The molecular weight excluding hydrogens is 276 g/mol. The minimum absolute atomic E-state index is 0.00748. The van der Waals surface area contributed by atoms with E-state index in [2.05, 4.69) is 0 Å². The van der Waals surface area contributed by atoms with Gasteiger partial charge in [0.05, 0.1) is 12.2 Å². The lowest BCUT2D eigenvalue weighted by Crippen LogP contribution is -2.49. The number of aliphatic hydroxyl groups excluding tert-OH is 1. The molecule has 21 heavy (non-hydrogen) atoms. The monoisotopic (exact) mass is 300 g/mol. The summed E-state index contributed by atoms with van der Waals surface area (Å²) in [6.45, 7) is 1.61. The van der Waals surface area contributed by atoms with Gasteiger partial charge in [-0.05, 0) is 31.6 Å². The number of likely N-dealkylation sites (tertiary alicyclic amines) is 1. The van der Waals surface area contributed by atoms with Crippen molar-refractivity contribution in [2.75, 3.05) is 33.3 Å². The van der Waals surface area contributed by atoms with Crippen LogP contribution < -0.4 is 0 Å². The number of piperidine rings is 1. The van der Waals surface area contributed by atoms with Crippen LogP contribution >= 0.6 is 0 Å². The molecule has 120 valence electrons. The standard InChI is InChI=1S/C14H24N2O5/c1-15(8-10-6-11(17)7-10)14(20)16-4-2-12(3-5-16)21-9-13(18)19/h10-12,17H,2-9H2,1H3,(H,18,19). The first-order valence-corrected chi connectivity index (χ1v) is 7.47. The molecule has 0 bridgehead atoms. The number of urea groups is 1. The normalized spacial score (nSPS) is 26.3. The minimum atomic E-state index is -0.962. The molecule has 0 aromatic rings. The fourth-order valence-electron chi connectivity index (χ4n) is 2.96. The number of aliphatic hydroxyl groups is 1. The van der Waals surface area contributed by atoms with E-state index >= 15 is 0 Å². The highest BCUT2D eigenvalue weighted by Crippen LogP contribution is 2.28. The Bertz CT molecular complexity index is 376. The summed E-state index contributed by atoms with van der Waals surface area (Å²) in [6.07, 6.45) is 2.65. The second-order valence-corrected chi connectivity index (χ2v) is 6.05. The molecule has 1 saturated heterocycles. The van der Waals surface area contributed by atoms with Crippen LogP contribution in [0.15, 0.2) is 0 Å². The summed E-state index contributed by atoms with van der Waals surface area (Å²) >= 11 is 0. The predicted molar refractivity (Wildman–Crippen MR) is 74.9 cm³/mol. The van der Waals surface area contributed by atoms with E-state index in [-0.39, 0.29) is 24.8 Å². The number of hydrogen-bond acceptors (Lipinski definition) is 4. The number of carbonyl (C=O) groups excluding carboxylic acids is 1. The summed E-state index contributed by atoms with van der Waals surface area (Å²) in [4.78, 5) is 26.2. The summed E-state index contributed by atoms with van der Waals surface area (Å²) in [7, 11) is 1.79. The Hall–Kier alpha value is -1.34. The summed E-state index contributed by atoms with van der Waals surface area (Å²) in [5.41, 5.74) is 0. The highest BCUT2D eigenvalue weighted by atomic mass is 16.5. The average Bonchev–Trinajstić information content (AvgIpc) is 2.43. The van der Waals surface area contributed by atoms with Crippen LogP contribution in [0, 0.1) is 5.92 Å². The van der Waals surface area contributed by atoms with E-state index in [1.54, 1.807) is 16.8 Å². The first-order valence-electron chi connectivity index (χ1n) is 7.47. The molecule has 1 saturated carbocycles. The second kappa shape index (κ2) is 7.09. The lowest BCUT2D eigenvalue weighted by Gasteiger charge is -2.38. The Morgan fingerprint density at radius 1 is 1.29 bits per heavy atom. The van der Waals surface area contributed by atoms with E-state index < -0.39 is 5.97 Å². The smallest absolute Gasteiger partial charge is 0.329 e. The summed E-state index contributed by atoms with van der Waals surface area (Å²) in [5, 5.41) is 17.8. The Labute approximate surface area is 124 Å².